The third kappa shape index (κ3) is 4.36. The maximum atomic E-state index is 11.9. The molecule has 0 aliphatic rings. The Morgan fingerprint density at radius 3 is 2.26 bits per heavy atom. The molecule has 0 saturated carbocycles. The lowest BCUT2D eigenvalue weighted by Gasteiger charge is -2.15. The minimum Gasteiger partial charge on any atom is -0.364 e. The number of sulfonamides is 1. The molecule has 0 saturated heterocycles. The van der Waals surface area contributed by atoms with E-state index in [0.29, 0.717) is 23.6 Å². The summed E-state index contributed by atoms with van der Waals surface area (Å²) in [6.07, 6.45) is 2.78. The van der Waals surface area contributed by atoms with Crippen molar-refractivity contribution in [2.24, 2.45) is 5.14 Å². The lowest BCUT2D eigenvalue weighted by molar-refractivity contribution is 0.597. The number of nitrogens with one attached hydrogen (secondary N) is 1. The Bertz CT molecular complexity index is 1570. The lowest BCUT2D eigenvalue weighted by atomic mass is 9.96. The Labute approximate surface area is 197 Å². The van der Waals surface area contributed by atoms with Crippen LogP contribution in [0.4, 0.5) is 5.82 Å². The molecule has 5 rings (SSSR count). The number of benzene rings is 3. The molecule has 3 aromatic carbocycles. The second-order valence-electron chi connectivity index (χ2n) is 7.78. The highest BCUT2D eigenvalue weighted by Crippen LogP contribution is 2.37. The number of hydrogen-bond donors (Lipinski definition) is 2. The van der Waals surface area contributed by atoms with E-state index < -0.39 is 10.0 Å². The first-order valence-corrected chi connectivity index (χ1v) is 12.2. The van der Waals surface area contributed by atoms with E-state index in [1.807, 2.05) is 78.9 Å². The Morgan fingerprint density at radius 2 is 1.53 bits per heavy atom. The van der Waals surface area contributed by atoms with Crippen molar-refractivity contribution in [2.75, 3.05) is 5.32 Å². The number of rotatable bonds is 6. The molecular formula is C26H21N5O2S. The molecule has 8 heteroatoms. The van der Waals surface area contributed by atoms with Gasteiger partial charge in [0.15, 0.2) is 5.82 Å². The summed E-state index contributed by atoms with van der Waals surface area (Å²) in [5.74, 6) is 0.637. The number of pyridine rings is 1. The van der Waals surface area contributed by atoms with Crippen LogP contribution >= 0.6 is 0 Å². The molecule has 168 valence electrons. The molecular weight excluding hydrogens is 446 g/mol. The number of aromatic nitrogens is 3. The summed E-state index contributed by atoms with van der Waals surface area (Å²) < 4.78 is 23.8. The van der Waals surface area contributed by atoms with Crippen LogP contribution in [0.2, 0.25) is 0 Å². The molecule has 0 radical (unpaired) electrons. The van der Waals surface area contributed by atoms with E-state index in [1.165, 1.54) is 12.3 Å². The van der Waals surface area contributed by atoms with Crippen molar-refractivity contribution in [3.8, 4) is 22.4 Å². The van der Waals surface area contributed by atoms with Crippen molar-refractivity contribution in [3.63, 3.8) is 0 Å². The summed E-state index contributed by atoms with van der Waals surface area (Å²) in [7, 11) is -3.91. The van der Waals surface area contributed by atoms with Crippen LogP contribution in [0.3, 0.4) is 0 Å². The summed E-state index contributed by atoms with van der Waals surface area (Å²) >= 11 is 0. The second-order valence-corrected chi connectivity index (χ2v) is 9.35. The minimum absolute atomic E-state index is 0.0783. The fourth-order valence-corrected chi connectivity index (χ4v) is 4.39. The van der Waals surface area contributed by atoms with Crippen LogP contribution in [0.5, 0.6) is 0 Å². The van der Waals surface area contributed by atoms with E-state index in [2.05, 4.69) is 20.5 Å². The largest absolute Gasteiger partial charge is 0.364 e. The van der Waals surface area contributed by atoms with Gasteiger partial charge in [-0.25, -0.2) is 13.6 Å². The van der Waals surface area contributed by atoms with Gasteiger partial charge in [0.25, 0.3) is 0 Å². The van der Waals surface area contributed by atoms with Crippen LogP contribution in [-0.2, 0) is 16.6 Å². The zero-order valence-corrected chi connectivity index (χ0v) is 18.9. The van der Waals surface area contributed by atoms with Crippen molar-refractivity contribution in [1.82, 2.24) is 15.2 Å². The third-order valence-electron chi connectivity index (χ3n) is 5.51. The van der Waals surface area contributed by atoms with Crippen molar-refractivity contribution < 1.29 is 8.42 Å². The van der Waals surface area contributed by atoms with Crippen molar-refractivity contribution in [1.29, 1.82) is 0 Å². The normalized spacial score (nSPS) is 11.4. The van der Waals surface area contributed by atoms with E-state index >= 15 is 0 Å². The third-order valence-corrected chi connectivity index (χ3v) is 6.39. The van der Waals surface area contributed by atoms with Crippen LogP contribution in [0, 0.1) is 0 Å². The smallest absolute Gasteiger partial charge is 0.239 e. The number of fused-ring (bicyclic) bond motifs is 1. The standard InChI is InChI=1S/C26H21N5O2S/c27-34(32,33)21-14-20(16-28-17-21)25-23-13-7-12-22(19-10-5-2-6-11-19)24(23)26(31-30-25)29-15-18-8-3-1-4-9-18/h1-14,16-17H,15H2,(H,29,31)(H2,27,32,33). The first-order valence-electron chi connectivity index (χ1n) is 10.6. The molecule has 0 unspecified atom stereocenters. The highest BCUT2D eigenvalue weighted by molar-refractivity contribution is 7.89. The molecule has 0 bridgehead atoms. The SMILES string of the molecule is NS(=O)(=O)c1cncc(-c2nnc(NCc3ccccc3)c3c(-c4ccccc4)cccc23)c1. The van der Waals surface area contributed by atoms with Crippen LogP contribution < -0.4 is 10.5 Å². The highest BCUT2D eigenvalue weighted by atomic mass is 32.2. The monoisotopic (exact) mass is 467 g/mol. The first kappa shape index (κ1) is 21.7. The van der Waals surface area contributed by atoms with Gasteiger partial charge in [-0.05, 0) is 22.8 Å². The molecule has 0 atom stereocenters. The van der Waals surface area contributed by atoms with Gasteiger partial charge in [0, 0.05) is 35.3 Å². The number of primary sulfonamides is 1. The van der Waals surface area contributed by atoms with Crippen LogP contribution in [-0.4, -0.2) is 23.6 Å². The van der Waals surface area contributed by atoms with Crippen LogP contribution in [0.25, 0.3) is 33.2 Å². The molecule has 0 spiro atoms. The molecule has 5 aromatic rings. The first-order chi connectivity index (χ1) is 16.5. The summed E-state index contributed by atoms with van der Waals surface area (Å²) in [5, 5.41) is 19.4. The summed E-state index contributed by atoms with van der Waals surface area (Å²) in [6, 6.07) is 27.5. The number of hydrogen-bond acceptors (Lipinski definition) is 6. The summed E-state index contributed by atoms with van der Waals surface area (Å²) in [5.41, 5.74) is 4.18. The maximum absolute atomic E-state index is 11.9. The van der Waals surface area contributed by atoms with E-state index in [-0.39, 0.29) is 4.90 Å². The minimum atomic E-state index is -3.91. The Hall–Kier alpha value is -4.14. The van der Waals surface area contributed by atoms with Gasteiger partial charge in [0.05, 0.1) is 0 Å². The fourth-order valence-electron chi connectivity index (χ4n) is 3.89. The number of anilines is 1. The molecule has 0 aliphatic carbocycles. The quantitative estimate of drug-likeness (QED) is 0.377. The molecule has 0 amide bonds. The van der Waals surface area contributed by atoms with Gasteiger partial charge < -0.3 is 5.32 Å². The van der Waals surface area contributed by atoms with Gasteiger partial charge in [-0.15, -0.1) is 10.2 Å². The molecule has 0 fully saturated rings. The Kier molecular flexibility index (Phi) is 5.75. The highest BCUT2D eigenvalue weighted by Gasteiger charge is 2.17. The van der Waals surface area contributed by atoms with Crippen molar-refractivity contribution >= 4 is 26.6 Å². The Balaban J connectivity index is 1.71. The van der Waals surface area contributed by atoms with Crippen LogP contribution in [0.1, 0.15) is 5.56 Å². The summed E-state index contributed by atoms with van der Waals surface area (Å²) in [4.78, 5) is 3.99. The van der Waals surface area contributed by atoms with Gasteiger partial charge in [0.2, 0.25) is 10.0 Å². The van der Waals surface area contributed by atoms with Gasteiger partial charge in [-0.2, -0.15) is 0 Å². The van der Waals surface area contributed by atoms with E-state index in [1.54, 1.807) is 6.20 Å². The van der Waals surface area contributed by atoms with Gasteiger partial charge in [-0.1, -0.05) is 78.9 Å². The van der Waals surface area contributed by atoms with Crippen molar-refractivity contribution in [3.05, 3.63) is 103 Å². The zero-order valence-electron chi connectivity index (χ0n) is 18.1. The predicted octanol–water partition coefficient (Wildman–Crippen LogP) is 4.62. The van der Waals surface area contributed by atoms with Crippen LogP contribution in [0.15, 0.2) is 102 Å². The molecule has 0 aliphatic heterocycles. The Morgan fingerprint density at radius 1 is 0.794 bits per heavy atom. The molecule has 7 nitrogen and oxygen atoms in total. The van der Waals surface area contributed by atoms with Gasteiger partial charge >= 0.3 is 0 Å². The average molecular weight is 468 g/mol. The van der Waals surface area contributed by atoms with E-state index in [9.17, 15) is 8.42 Å². The van der Waals surface area contributed by atoms with E-state index in [0.717, 1.165) is 27.5 Å². The van der Waals surface area contributed by atoms with E-state index in [4.69, 9.17) is 5.14 Å². The zero-order chi connectivity index (χ0) is 23.5. The fraction of sp³-hybridized carbons (Fsp3) is 0.0385. The molecule has 2 aromatic heterocycles. The molecule has 2 heterocycles. The van der Waals surface area contributed by atoms with Gasteiger partial charge in [0.1, 0.15) is 10.6 Å². The second kappa shape index (κ2) is 9.01. The number of nitrogens with two attached hydrogens (primary N) is 1. The lowest BCUT2D eigenvalue weighted by Crippen LogP contribution is -2.12. The average Bonchev–Trinajstić information content (AvgIpc) is 2.87. The maximum Gasteiger partial charge on any atom is 0.239 e. The molecule has 3 N–H and O–H groups in total. The summed E-state index contributed by atoms with van der Waals surface area (Å²) in [6.45, 7) is 0.579. The topological polar surface area (TPSA) is 111 Å². The van der Waals surface area contributed by atoms with Gasteiger partial charge in [-0.3, -0.25) is 4.98 Å². The molecule has 34 heavy (non-hydrogen) atoms. The van der Waals surface area contributed by atoms with Crippen molar-refractivity contribution in [2.45, 2.75) is 11.4 Å². The number of nitrogens with zero attached hydrogens (tertiary/aromatic N) is 3. The predicted molar refractivity (Wildman–Crippen MR) is 133 cm³/mol.